The quantitative estimate of drug-likeness (QED) is 0.755. The number of hydrogen-bond acceptors (Lipinski definition) is 3. The summed E-state index contributed by atoms with van der Waals surface area (Å²) in [6.07, 6.45) is 0.972. The van der Waals surface area contributed by atoms with Crippen molar-refractivity contribution in [2.45, 2.75) is 6.42 Å². The van der Waals surface area contributed by atoms with Gasteiger partial charge < -0.3 is 14.7 Å². The van der Waals surface area contributed by atoms with E-state index in [0.717, 1.165) is 44.7 Å². The van der Waals surface area contributed by atoms with Crippen molar-refractivity contribution in [2.75, 3.05) is 51.7 Å². The Balaban J connectivity index is 1.93. The molecule has 102 valence electrons. The van der Waals surface area contributed by atoms with E-state index >= 15 is 0 Å². The topological polar surface area (TPSA) is 26.8 Å². The summed E-state index contributed by atoms with van der Waals surface area (Å²) in [6, 6.07) is 6.15. The molecule has 0 saturated carbocycles. The summed E-state index contributed by atoms with van der Waals surface area (Å²) in [6.45, 7) is 5.12. The second-order valence-electron chi connectivity index (χ2n) is 5.57. The normalized spacial score (nSPS) is 20.6. The maximum atomic E-state index is 12.2. The third kappa shape index (κ3) is 2.21. The highest BCUT2D eigenvalue weighted by Crippen LogP contribution is 2.29. The lowest BCUT2D eigenvalue weighted by Gasteiger charge is -2.37. The van der Waals surface area contributed by atoms with Gasteiger partial charge >= 0.3 is 0 Å². The van der Waals surface area contributed by atoms with Crippen molar-refractivity contribution >= 4 is 11.6 Å². The number of nitrogens with zero attached hydrogens (tertiary/aromatic N) is 3. The molecule has 0 atom stereocenters. The van der Waals surface area contributed by atoms with Crippen molar-refractivity contribution in [2.24, 2.45) is 0 Å². The Kier molecular flexibility index (Phi) is 3.19. The standard InChI is InChI=1S/C15H21N3O/c1-16-8-10-18(11-9-16)14-5-3-4-13-12(14)6-7-17(2)15(13)19/h3-5H,6-11H2,1-2H3. The summed E-state index contributed by atoms with van der Waals surface area (Å²) in [5.41, 5.74) is 3.41. The van der Waals surface area contributed by atoms with Gasteiger partial charge in [0.2, 0.25) is 0 Å². The summed E-state index contributed by atoms with van der Waals surface area (Å²) in [4.78, 5) is 18.8. The number of benzene rings is 1. The van der Waals surface area contributed by atoms with Crippen LogP contribution in [0.1, 0.15) is 15.9 Å². The van der Waals surface area contributed by atoms with Crippen LogP contribution >= 0.6 is 0 Å². The highest BCUT2D eigenvalue weighted by Gasteiger charge is 2.26. The summed E-state index contributed by atoms with van der Waals surface area (Å²) in [7, 11) is 4.05. The number of anilines is 1. The average molecular weight is 259 g/mol. The van der Waals surface area contributed by atoms with Gasteiger partial charge in [0.1, 0.15) is 0 Å². The van der Waals surface area contributed by atoms with Crippen LogP contribution in [0.4, 0.5) is 5.69 Å². The fraction of sp³-hybridized carbons (Fsp3) is 0.533. The Morgan fingerprint density at radius 1 is 1.00 bits per heavy atom. The third-order valence-electron chi connectivity index (χ3n) is 4.27. The molecule has 2 aliphatic heterocycles. The lowest BCUT2D eigenvalue weighted by Crippen LogP contribution is -2.45. The Labute approximate surface area is 114 Å². The molecule has 19 heavy (non-hydrogen) atoms. The number of carbonyl (C=O) groups is 1. The number of rotatable bonds is 1. The second kappa shape index (κ2) is 4.85. The average Bonchev–Trinajstić information content (AvgIpc) is 2.43. The molecule has 0 spiro atoms. The SMILES string of the molecule is CN1CCN(c2cccc3c2CCN(C)C3=O)CC1. The van der Waals surface area contributed by atoms with Crippen LogP contribution in [0.3, 0.4) is 0 Å². The van der Waals surface area contributed by atoms with Crippen LogP contribution < -0.4 is 4.90 Å². The molecule has 1 aromatic rings. The first-order valence-electron chi connectivity index (χ1n) is 6.97. The smallest absolute Gasteiger partial charge is 0.253 e. The first-order chi connectivity index (χ1) is 9.16. The third-order valence-corrected chi connectivity index (χ3v) is 4.27. The van der Waals surface area contributed by atoms with Gasteiger partial charge in [-0.2, -0.15) is 0 Å². The van der Waals surface area contributed by atoms with E-state index in [-0.39, 0.29) is 5.91 Å². The van der Waals surface area contributed by atoms with E-state index in [2.05, 4.69) is 22.9 Å². The van der Waals surface area contributed by atoms with Crippen molar-refractivity contribution in [3.8, 4) is 0 Å². The molecule has 1 aromatic carbocycles. The number of likely N-dealkylation sites (N-methyl/N-ethyl adjacent to an activating group) is 2. The number of carbonyl (C=O) groups excluding carboxylic acids is 1. The maximum Gasteiger partial charge on any atom is 0.253 e. The lowest BCUT2D eigenvalue weighted by molar-refractivity contribution is 0.0781. The molecule has 0 aromatic heterocycles. The molecule has 0 unspecified atom stereocenters. The largest absolute Gasteiger partial charge is 0.369 e. The first-order valence-corrected chi connectivity index (χ1v) is 6.97. The van der Waals surface area contributed by atoms with E-state index in [9.17, 15) is 4.79 Å². The highest BCUT2D eigenvalue weighted by atomic mass is 16.2. The van der Waals surface area contributed by atoms with Crippen molar-refractivity contribution in [3.63, 3.8) is 0 Å². The molecule has 4 nitrogen and oxygen atoms in total. The van der Waals surface area contributed by atoms with Gasteiger partial charge in [-0.05, 0) is 31.2 Å². The molecular weight excluding hydrogens is 238 g/mol. The number of piperazine rings is 1. The molecule has 1 fully saturated rings. The Morgan fingerprint density at radius 2 is 1.74 bits per heavy atom. The molecule has 0 N–H and O–H groups in total. The van der Waals surface area contributed by atoms with Crippen LogP contribution in [0, 0.1) is 0 Å². The second-order valence-corrected chi connectivity index (χ2v) is 5.57. The van der Waals surface area contributed by atoms with E-state index in [0.29, 0.717) is 0 Å². The van der Waals surface area contributed by atoms with E-state index in [1.807, 2.05) is 24.1 Å². The van der Waals surface area contributed by atoms with Crippen LogP contribution in [0.15, 0.2) is 18.2 Å². The van der Waals surface area contributed by atoms with Gasteiger partial charge in [0, 0.05) is 51.0 Å². The predicted octanol–water partition coefficient (Wildman–Crippen LogP) is 1.07. The summed E-state index contributed by atoms with van der Waals surface area (Å²) in [5, 5.41) is 0. The minimum absolute atomic E-state index is 0.164. The van der Waals surface area contributed by atoms with Crippen LogP contribution in [0.2, 0.25) is 0 Å². The van der Waals surface area contributed by atoms with Gasteiger partial charge in [0.05, 0.1) is 0 Å². The van der Waals surface area contributed by atoms with E-state index < -0.39 is 0 Å². The van der Waals surface area contributed by atoms with Gasteiger partial charge in [0.25, 0.3) is 5.91 Å². The summed E-state index contributed by atoms with van der Waals surface area (Å²) < 4.78 is 0. The molecule has 4 heteroatoms. The van der Waals surface area contributed by atoms with Crippen LogP contribution in [0.25, 0.3) is 0 Å². The van der Waals surface area contributed by atoms with Crippen molar-refractivity contribution in [3.05, 3.63) is 29.3 Å². The van der Waals surface area contributed by atoms with Crippen molar-refractivity contribution in [1.29, 1.82) is 0 Å². The predicted molar refractivity (Wildman–Crippen MR) is 76.8 cm³/mol. The van der Waals surface area contributed by atoms with Crippen LogP contribution in [-0.2, 0) is 6.42 Å². The minimum atomic E-state index is 0.164. The van der Waals surface area contributed by atoms with Gasteiger partial charge in [0.15, 0.2) is 0 Å². The van der Waals surface area contributed by atoms with Crippen molar-refractivity contribution in [1.82, 2.24) is 9.80 Å². The zero-order valence-electron chi connectivity index (χ0n) is 11.7. The Bertz CT molecular complexity index is 492. The zero-order chi connectivity index (χ0) is 13.4. The molecule has 3 rings (SSSR count). The summed E-state index contributed by atoms with van der Waals surface area (Å²) in [5.74, 6) is 0.164. The molecular formula is C15H21N3O. The molecule has 0 bridgehead atoms. The molecule has 2 aliphatic rings. The fourth-order valence-corrected chi connectivity index (χ4v) is 2.97. The minimum Gasteiger partial charge on any atom is -0.369 e. The highest BCUT2D eigenvalue weighted by molar-refractivity contribution is 5.98. The molecule has 0 aliphatic carbocycles. The monoisotopic (exact) mass is 259 g/mol. The maximum absolute atomic E-state index is 12.2. The number of fused-ring (bicyclic) bond motifs is 1. The molecule has 0 radical (unpaired) electrons. The number of hydrogen-bond donors (Lipinski definition) is 0. The zero-order valence-corrected chi connectivity index (χ0v) is 11.7. The van der Waals surface area contributed by atoms with Gasteiger partial charge in [-0.1, -0.05) is 6.07 Å². The van der Waals surface area contributed by atoms with Gasteiger partial charge in [-0.15, -0.1) is 0 Å². The van der Waals surface area contributed by atoms with Crippen molar-refractivity contribution < 1.29 is 4.79 Å². The van der Waals surface area contributed by atoms with Gasteiger partial charge in [-0.25, -0.2) is 0 Å². The van der Waals surface area contributed by atoms with E-state index in [1.54, 1.807) is 0 Å². The Hall–Kier alpha value is -1.55. The summed E-state index contributed by atoms with van der Waals surface area (Å²) >= 11 is 0. The van der Waals surface area contributed by atoms with Crippen LogP contribution in [-0.4, -0.2) is 62.5 Å². The Morgan fingerprint density at radius 3 is 2.47 bits per heavy atom. The fourth-order valence-electron chi connectivity index (χ4n) is 2.97. The number of amides is 1. The van der Waals surface area contributed by atoms with E-state index in [1.165, 1.54) is 11.3 Å². The lowest BCUT2D eigenvalue weighted by atomic mass is 9.96. The molecule has 1 amide bonds. The molecule has 2 heterocycles. The first kappa shape index (κ1) is 12.5. The molecule has 1 saturated heterocycles. The van der Waals surface area contributed by atoms with Crippen LogP contribution in [0.5, 0.6) is 0 Å². The van der Waals surface area contributed by atoms with E-state index in [4.69, 9.17) is 0 Å². The van der Waals surface area contributed by atoms with Gasteiger partial charge in [-0.3, -0.25) is 4.79 Å².